The average Bonchev–Trinajstić information content (AvgIpc) is 3.47. The molecule has 1 aliphatic heterocycles. The number of H-pyrrole nitrogens is 1. The molecule has 0 bridgehead atoms. The fourth-order valence-corrected chi connectivity index (χ4v) is 4.78. The molecule has 1 unspecified atom stereocenters. The smallest absolute Gasteiger partial charge is 0.270 e. The number of pyridine rings is 1. The van der Waals surface area contributed by atoms with E-state index in [1.165, 1.54) is 11.1 Å². The number of nitrogens with zero attached hydrogens (tertiary/aromatic N) is 6. The lowest BCUT2D eigenvalue weighted by molar-refractivity contribution is 0.101. The lowest BCUT2D eigenvalue weighted by Crippen LogP contribution is -2.48. The first-order valence-electron chi connectivity index (χ1n) is 12.6. The second-order valence-corrected chi connectivity index (χ2v) is 9.43. The first-order valence-corrected chi connectivity index (χ1v) is 12.9. The fraction of sp³-hybridized carbons (Fsp3) is 0.296. The molecule has 1 saturated heterocycles. The summed E-state index contributed by atoms with van der Waals surface area (Å²) in [7, 11) is 0. The Hall–Kier alpha value is -3.86. The van der Waals surface area contributed by atoms with Crippen LogP contribution in [0.5, 0.6) is 5.88 Å². The highest BCUT2D eigenvalue weighted by molar-refractivity contribution is 6.30. The Morgan fingerprint density at radius 1 is 1.00 bits per heavy atom. The third-order valence-corrected chi connectivity index (χ3v) is 6.77. The molecule has 2 N–H and O–H groups in total. The first kappa shape index (κ1) is 25.8. The molecule has 0 aliphatic carbocycles. The first-order chi connectivity index (χ1) is 18.7. The summed E-state index contributed by atoms with van der Waals surface area (Å²) >= 11 is 6.16. The van der Waals surface area contributed by atoms with Crippen LogP contribution >= 0.6 is 11.6 Å². The number of halogens is 1. The van der Waals surface area contributed by atoms with Crippen LogP contribution in [0.2, 0.25) is 5.02 Å². The quantitative estimate of drug-likeness (QED) is 0.297. The van der Waals surface area contributed by atoms with Crippen molar-refractivity contribution < 1.29 is 9.53 Å². The molecule has 0 radical (unpaired) electrons. The molecule has 4 aromatic rings. The predicted octanol–water partition coefficient (Wildman–Crippen LogP) is 3.68. The molecule has 0 saturated carbocycles. The maximum absolute atomic E-state index is 12.5. The van der Waals surface area contributed by atoms with Crippen LogP contribution in [0, 0.1) is 0 Å². The molecule has 1 aliphatic rings. The van der Waals surface area contributed by atoms with E-state index in [0.29, 0.717) is 12.2 Å². The second-order valence-electron chi connectivity index (χ2n) is 8.99. The van der Waals surface area contributed by atoms with Gasteiger partial charge in [-0.2, -0.15) is 5.21 Å². The number of hydrogen-bond acceptors (Lipinski definition) is 8. The Kier molecular flexibility index (Phi) is 8.54. The summed E-state index contributed by atoms with van der Waals surface area (Å²) in [5.74, 6) is -0.0271. The number of rotatable bonds is 10. The molecular weight excluding hydrogens is 504 g/mol. The van der Waals surface area contributed by atoms with E-state index >= 15 is 0 Å². The average molecular weight is 533 g/mol. The molecule has 38 heavy (non-hydrogen) atoms. The fourth-order valence-electron chi connectivity index (χ4n) is 4.66. The number of piperazine rings is 1. The number of aromatic nitrogens is 5. The molecule has 1 amide bonds. The SMILES string of the molecule is O=C(Nc1nn[nH]n1)c1cccnc1OCCCN1CCN(C(c2ccccc2)c2ccc(Cl)cc2)CC1. The lowest BCUT2D eigenvalue weighted by Gasteiger charge is -2.39. The van der Waals surface area contributed by atoms with Crippen LogP contribution in [-0.2, 0) is 0 Å². The van der Waals surface area contributed by atoms with Crippen molar-refractivity contribution in [2.75, 3.05) is 44.6 Å². The summed E-state index contributed by atoms with van der Waals surface area (Å²) in [6.07, 6.45) is 2.42. The number of carbonyl (C=O) groups excluding carboxylic acids is 1. The van der Waals surface area contributed by atoms with Gasteiger partial charge in [0.25, 0.3) is 11.9 Å². The Bertz CT molecular complexity index is 1300. The molecule has 0 spiro atoms. The van der Waals surface area contributed by atoms with Crippen molar-refractivity contribution in [2.24, 2.45) is 0 Å². The molecule has 10 nitrogen and oxygen atoms in total. The van der Waals surface area contributed by atoms with E-state index in [-0.39, 0.29) is 17.9 Å². The van der Waals surface area contributed by atoms with Gasteiger partial charge in [-0.25, -0.2) is 4.98 Å². The van der Waals surface area contributed by atoms with E-state index in [1.54, 1.807) is 18.3 Å². The number of nitrogens with one attached hydrogen (secondary N) is 2. The van der Waals surface area contributed by atoms with Gasteiger partial charge in [0, 0.05) is 43.9 Å². The highest BCUT2D eigenvalue weighted by atomic mass is 35.5. The summed E-state index contributed by atoms with van der Waals surface area (Å²) in [6.45, 7) is 5.23. The van der Waals surface area contributed by atoms with Crippen molar-refractivity contribution in [3.8, 4) is 5.88 Å². The lowest BCUT2D eigenvalue weighted by atomic mass is 9.96. The third kappa shape index (κ3) is 6.52. The molecule has 1 fully saturated rings. The normalized spacial score (nSPS) is 15.2. The van der Waals surface area contributed by atoms with Gasteiger partial charge in [0.05, 0.1) is 12.6 Å². The van der Waals surface area contributed by atoms with Gasteiger partial charge in [0.2, 0.25) is 5.88 Å². The van der Waals surface area contributed by atoms with Crippen LogP contribution in [0.4, 0.5) is 5.95 Å². The van der Waals surface area contributed by atoms with E-state index in [0.717, 1.165) is 44.2 Å². The maximum atomic E-state index is 12.5. The highest BCUT2D eigenvalue weighted by Crippen LogP contribution is 2.30. The van der Waals surface area contributed by atoms with Crippen LogP contribution in [0.3, 0.4) is 0 Å². The van der Waals surface area contributed by atoms with Gasteiger partial charge in [0.15, 0.2) is 0 Å². The Balaban J connectivity index is 1.12. The molecule has 11 heteroatoms. The number of hydrogen-bond donors (Lipinski definition) is 2. The summed E-state index contributed by atoms with van der Waals surface area (Å²) in [5.41, 5.74) is 2.85. The summed E-state index contributed by atoms with van der Waals surface area (Å²) in [4.78, 5) is 21.8. The molecule has 5 rings (SSSR count). The van der Waals surface area contributed by atoms with Gasteiger partial charge in [-0.15, -0.1) is 5.10 Å². The Morgan fingerprint density at radius 2 is 1.76 bits per heavy atom. The van der Waals surface area contributed by atoms with Gasteiger partial charge in [0.1, 0.15) is 5.56 Å². The number of anilines is 1. The number of carbonyl (C=O) groups is 1. The molecule has 2 aromatic heterocycles. The number of benzene rings is 2. The van der Waals surface area contributed by atoms with Gasteiger partial charge in [-0.3, -0.25) is 15.0 Å². The Morgan fingerprint density at radius 3 is 2.50 bits per heavy atom. The van der Waals surface area contributed by atoms with Crippen LogP contribution in [0.1, 0.15) is 33.9 Å². The van der Waals surface area contributed by atoms with E-state index in [9.17, 15) is 4.79 Å². The minimum Gasteiger partial charge on any atom is -0.477 e. The van der Waals surface area contributed by atoms with Crippen LogP contribution in [0.25, 0.3) is 0 Å². The van der Waals surface area contributed by atoms with E-state index in [4.69, 9.17) is 16.3 Å². The molecular formula is C27H29ClN8O2. The third-order valence-electron chi connectivity index (χ3n) is 6.52. The van der Waals surface area contributed by atoms with Crippen molar-refractivity contribution in [1.29, 1.82) is 0 Å². The van der Waals surface area contributed by atoms with Crippen molar-refractivity contribution >= 4 is 23.5 Å². The van der Waals surface area contributed by atoms with E-state index in [1.807, 2.05) is 12.1 Å². The Labute approximate surface area is 226 Å². The van der Waals surface area contributed by atoms with E-state index < -0.39 is 5.91 Å². The zero-order valence-corrected chi connectivity index (χ0v) is 21.6. The van der Waals surface area contributed by atoms with Gasteiger partial charge in [-0.1, -0.05) is 59.2 Å². The van der Waals surface area contributed by atoms with Crippen molar-refractivity contribution in [2.45, 2.75) is 12.5 Å². The number of ether oxygens (including phenoxy) is 1. The maximum Gasteiger partial charge on any atom is 0.270 e. The van der Waals surface area contributed by atoms with Crippen LogP contribution in [-0.4, -0.2) is 80.6 Å². The highest BCUT2D eigenvalue weighted by Gasteiger charge is 2.26. The van der Waals surface area contributed by atoms with Crippen LogP contribution < -0.4 is 10.1 Å². The topological polar surface area (TPSA) is 112 Å². The largest absolute Gasteiger partial charge is 0.477 e. The zero-order valence-electron chi connectivity index (χ0n) is 20.8. The minimum absolute atomic E-state index is 0.0921. The minimum atomic E-state index is -0.403. The van der Waals surface area contributed by atoms with Crippen molar-refractivity contribution in [3.63, 3.8) is 0 Å². The van der Waals surface area contributed by atoms with Gasteiger partial charge < -0.3 is 9.64 Å². The standard InChI is InChI=1S/C27H29ClN8O2/c28-22-11-9-21(10-12-22)24(20-6-2-1-3-7-20)36-17-15-35(16-18-36)14-5-19-38-26-23(8-4-13-29-26)25(37)30-27-31-33-34-32-27/h1-4,6-13,24H,5,14-19H2,(H2,30,31,32,33,34,37). The van der Waals surface area contributed by atoms with Crippen molar-refractivity contribution in [3.05, 3.63) is 94.6 Å². The van der Waals surface area contributed by atoms with Crippen molar-refractivity contribution in [1.82, 2.24) is 35.4 Å². The number of aromatic amines is 1. The molecule has 1 atom stereocenters. The number of amides is 1. The molecule has 2 aromatic carbocycles. The zero-order chi connectivity index (χ0) is 26.2. The molecule has 196 valence electrons. The summed E-state index contributed by atoms with van der Waals surface area (Å²) in [6, 6.07) is 22.3. The summed E-state index contributed by atoms with van der Waals surface area (Å²) < 4.78 is 5.87. The predicted molar refractivity (Wildman–Crippen MR) is 144 cm³/mol. The second kappa shape index (κ2) is 12.6. The monoisotopic (exact) mass is 532 g/mol. The van der Waals surface area contributed by atoms with E-state index in [2.05, 4.69) is 83.2 Å². The van der Waals surface area contributed by atoms with Crippen LogP contribution in [0.15, 0.2) is 72.9 Å². The number of tetrazole rings is 1. The van der Waals surface area contributed by atoms with Gasteiger partial charge >= 0.3 is 0 Å². The molecule has 3 heterocycles. The van der Waals surface area contributed by atoms with Gasteiger partial charge in [-0.05, 0) is 47.0 Å². The summed E-state index contributed by atoms with van der Waals surface area (Å²) in [5, 5.41) is 16.5.